The first kappa shape index (κ1) is 20.4. The molecule has 0 saturated carbocycles. The number of nitrogens with zero attached hydrogens (tertiary/aromatic N) is 2. The van der Waals surface area contributed by atoms with Crippen LogP contribution in [0.4, 0.5) is 0 Å². The average molecular weight is 412 g/mol. The van der Waals surface area contributed by atoms with Crippen molar-refractivity contribution >= 4 is 5.91 Å². The summed E-state index contributed by atoms with van der Waals surface area (Å²) in [5, 5.41) is 0. The number of aromatic nitrogens is 1. The zero-order valence-electron chi connectivity index (χ0n) is 17.6. The molecule has 0 radical (unpaired) electrons. The standard InChI is InChI=1S/C26H24N2O3/c1-3-30-21-15-13-20(14-16-21)24-17-27-25(31-24)22-11-7-8-12-23(22)26(29)28(2)18-19-9-5-4-6-10-19/h4-17H,3,18H2,1-2H3. The molecule has 0 aliphatic heterocycles. The van der Waals surface area contributed by atoms with Gasteiger partial charge in [0.15, 0.2) is 5.76 Å². The molecule has 3 aromatic carbocycles. The lowest BCUT2D eigenvalue weighted by molar-refractivity contribution is 0.0785. The van der Waals surface area contributed by atoms with E-state index in [-0.39, 0.29) is 5.91 Å². The Kier molecular flexibility index (Phi) is 6.13. The first-order valence-electron chi connectivity index (χ1n) is 10.2. The third-order valence-corrected chi connectivity index (χ3v) is 4.95. The van der Waals surface area contributed by atoms with E-state index in [4.69, 9.17) is 9.15 Å². The first-order chi connectivity index (χ1) is 15.2. The summed E-state index contributed by atoms with van der Waals surface area (Å²) in [5.41, 5.74) is 3.20. The molecule has 0 aliphatic rings. The van der Waals surface area contributed by atoms with E-state index in [0.29, 0.717) is 35.9 Å². The minimum absolute atomic E-state index is 0.0831. The molecule has 1 heterocycles. The van der Waals surface area contributed by atoms with Crippen LogP contribution in [0.25, 0.3) is 22.8 Å². The van der Waals surface area contributed by atoms with E-state index in [0.717, 1.165) is 16.9 Å². The van der Waals surface area contributed by atoms with Gasteiger partial charge in [0.05, 0.1) is 18.4 Å². The molecule has 0 saturated heterocycles. The molecule has 0 spiro atoms. The zero-order chi connectivity index (χ0) is 21.6. The summed E-state index contributed by atoms with van der Waals surface area (Å²) in [4.78, 5) is 19.3. The van der Waals surface area contributed by atoms with E-state index < -0.39 is 0 Å². The maximum Gasteiger partial charge on any atom is 0.254 e. The van der Waals surface area contributed by atoms with Crippen molar-refractivity contribution in [3.63, 3.8) is 0 Å². The van der Waals surface area contributed by atoms with Crippen LogP contribution in [0.3, 0.4) is 0 Å². The lowest BCUT2D eigenvalue weighted by atomic mass is 10.1. The predicted octanol–water partition coefficient (Wildman–Crippen LogP) is 5.68. The number of amides is 1. The molecule has 0 aliphatic carbocycles. The van der Waals surface area contributed by atoms with Crippen molar-refractivity contribution in [2.45, 2.75) is 13.5 Å². The maximum absolute atomic E-state index is 13.2. The van der Waals surface area contributed by atoms with Gasteiger partial charge in [-0.3, -0.25) is 4.79 Å². The van der Waals surface area contributed by atoms with Crippen molar-refractivity contribution in [2.24, 2.45) is 0 Å². The van der Waals surface area contributed by atoms with E-state index in [9.17, 15) is 4.79 Å². The summed E-state index contributed by atoms with van der Waals surface area (Å²) in [6.07, 6.45) is 1.68. The Hall–Kier alpha value is -3.86. The van der Waals surface area contributed by atoms with E-state index in [1.807, 2.05) is 79.7 Å². The van der Waals surface area contributed by atoms with Crippen LogP contribution in [0.15, 0.2) is 89.5 Å². The second-order valence-electron chi connectivity index (χ2n) is 7.18. The van der Waals surface area contributed by atoms with Crippen molar-refractivity contribution in [3.8, 4) is 28.5 Å². The normalized spacial score (nSPS) is 10.6. The molecule has 1 amide bonds. The van der Waals surface area contributed by atoms with Gasteiger partial charge in [-0.25, -0.2) is 4.98 Å². The summed E-state index contributed by atoms with van der Waals surface area (Å²) < 4.78 is 11.5. The van der Waals surface area contributed by atoms with Crippen molar-refractivity contribution in [1.29, 1.82) is 0 Å². The fourth-order valence-electron chi connectivity index (χ4n) is 3.41. The molecule has 31 heavy (non-hydrogen) atoms. The molecule has 4 rings (SSSR count). The molecule has 1 aromatic heterocycles. The largest absolute Gasteiger partial charge is 0.494 e. The van der Waals surface area contributed by atoms with E-state index >= 15 is 0 Å². The van der Waals surface area contributed by atoms with E-state index in [1.54, 1.807) is 24.2 Å². The van der Waals surface area contributed by atoms with Gasteiger partial charge in [-0.15, -0.1) is 0 Å². The maximum atomic E-state index is 13.2. The molecule has 156 valence electrons. The third-order valence-electron chi connectivity index (χ3n) is 4.95. The fourth-order valence-corrected chi connectivity index (χ4v) is 3.41. The molecule has 0 atom stereocenters. The van der Waals surface area contributed by atoms with Crippen LogP contribution in [0, 0.1) is 0 Å². The number of ether oxygens (including phenoxy) is 1. The molecule has 4 aromatic rings. The van der Waals surface area contributed by atoms with E-state index in [1.165, 1.54) is 0 Å². The smallest absolute Gasteiger partial charge is 0.254 e. The number of benzene rings is 3. The summed E-state index contributed by atoms with van der Waals surface area (Å²) >= 11 is 0. The third kappa shape index (κ3) is 4.67. The monoisotopic (exact) mass is 412 g/mol. The highest BCUT2D eigenvalue weighted by Crippen LogP contribution is 2.29. The Morgan fingerprint density at radius 1 is 0.968 bits per heavy atom. The van der Waals surface area contributed by atoms with Gasteiger partial charge in [0, 0.05) is 24.7 Å². The summed E-state index contributed by atoms with van der Waals surface area (Å²) in [7, 11) is 1.80. The predicted molar refractivity (Wildman–Crippen MR) is 121 cm³/mol. The molecular weight excluding hydrogens is 388 g/mol. The van der Waals surface area contributed by atoms with Crippen LogP contribution in [0.5, 0.6) is 5.75 Å². The van der Waals surface area contributed by atoms with Crippen LogP contribution in [0.1, 0.15) is 22.8 Å². The molecule has 0 N–H and O–H groups in total. The summed E-state index contributed by atoms with van der Waals surface area (Å²) in [6, 6.07) is 25.0. The highest BCUT2D eigenvalue weighted by atomic mass is 16.5. The van der Waals surface area contributed by atoms with Crippen LogP contribution >= 0.6 is 0 Å². The minimum Gasteiger partial charge on any atom is -0.494 e. The topological polar surface area (TPSA) is 55.6 Å². The highest BCUT2D eigenvalue weighted by molar-refractivity contribution is 5.99. The Morgan fingerprint density at radius 3 is 2.42 bits per heavy atom. The summed E-state index contributed by atoms with van der Waals surface area (Å²) in [6.45, 7) is 3.10. The Bertz CT molecular complexity index is 1150. The Morgan fingerprint density at radius 2 is 1.68 bits per heavy atom. The molecule has 0 fully saturated rings. The number of rotatable bonds is 7. The molecule has 0 bridgehead atoms. The highest BCUT2D eigenvalue weighted by Gasteiger charge is 2.20. The second-order valence-corrected chi connectivity index (χ2v) is 7.18. The van der Waals surface area contributed by atoms with Gasteiger partial charge in [-0.1, -0.05) is 42.5 Å². The Balaban J connectivity index is 1.58. The van der Waals surface area contributed by atoms with Gasteiger partial charge >= 0.3 is 0 Å². The van der Waals surface area contributed by atoms with Gasteiger partial charge in [0.1, 0.15) is 5.75 Å². The van der Waals surface area contributed by atoms with Crippen LogP contribution < -0.4 is 4.74 Å². The van der Waals surface area contributed by atoms with Gasteiger partial charge < -0.3 is 14.1 Å². The molecule has 5 nitrogen and oxygen atoms in total. The summed E-state index contributed by atoms with van der Waals surface area (Å²) in [5.74, 6) is 1.78. The quantitative estimate of drug-likeness (QED) is 0.392. The molecule has 5 heteroatoms. The number of oxazole rings is 1. The van der Waals surface area contributed by atoms with Crippen LogP contribution in [0.2, 0.25) is 0 Å². The number of hydrogen-bond donors (Lipinski definition) is 0. The van der Waals surface area contributed by atoms with Gasteiger partial charge in [-0.2, -0.15) is 0 Å². The van der Waals surface area contributed by atoms with Gasteiger partial charge in [0.25, 0.3) is 5.91 Å². The lowest BCUT2D eigenvalue weighted by Gasteiger charge is -2.18. The number of carbonyl (C=O) groups is 1. The van der Waals surface area contributed by atoms with Gasteiger partial charge in [0.2, 0.25) is 5.89 Å². The SMILES string of the molecule is CCOc1ccc(-c2cnc(-c3ccccc3C(=O)N(C)Cc3ccccc3)o2)cc1. The Labute approximate surface area is 181 Å². The van der Waals surface area contributed by atoms with Gasteiger partial charge in [-0.05, 0) is 48.9 Å². The first-order valence-corrected chi connectivity index (χ1v) is 10.2. The van der Waals surface area contributed by atoms with Crippen LogP contribution in [-0.2, 0) is 6.54 Å². The van der Waals surface area contributed by atoms with Crippen molar-refractivity contribution in [2.75, 3.05) is 13.7 Å². The molecule has 0 unspecified atom stereocenters. The average Bonchev–Trinajstić information content (AvgIpc) is 3.30. The van der Waals surface area contributed by atoms with Crippen molar-refractivity contribution in [3.05, 3.63) is 96.2 Å². The number of hydrogen-bond acceptors (Lipinski definition) is 4. The lowest BCUT2D eigenvalue weighted by Crippen LogP contribution is -2.26. The van der Waals surface area contributed by atoms with Crippen molar-refractivity contribution in [1.82, 2.24) is 9.88 Å². The second kappa shape index (κ2) is 9.30. The molecular formula is C26H24N2O3. The van der Waals surface area contributed by atoms with Crippen molar-refractivity contribution < 1.29 is 13.9 Å². The van der Waals surface area contributed by atoms with E-state index in [2.05, 4.69) is 4.98 Å². The fraction of sp³-hybridized carbons (Fsp3) is 0.154. The zero-order valence-corrected chi connectivity index (χ0v) is 17.6. The minimum atomic E-state index is -0.0831. The van der Waals surface area contributed by atoms with Crippen LogP contribution in [-0.4, -0.2) is 29.4 Å². The number of carbonyl (C=O) groups excluding carboxylic acids is 1.